The number of carbonyl (C=O) groups excluding carboxylic acids is 1. The Hall–Kier alpha value is -0.570. The summed E-state index contributed by atoms with van der Waals surface area (Å²) in [5.74, 6) is 0.210. The second kappa shape index (κ2) is 3.78. The number of carbonyl (C=O) groups is 1. The van der Waals surface area contributed by atoms with E-state index >= 15 is 0 Å². The highest BCUT2D eigenvalue weighted by Gasteiger charge is 2.42. The molecule has 1 unspecified atom stereocenters. The van der Waals surface area contributed by atoms with Gasteiger partial charge in [0.05, 0.1) is 5.54 Å². The average molecular weight is 210 g/mol. The van der Waals surface area contributed by atoms with Gasteiger partial charge in [-0.25, -0.2) is 0 Å². The molecule has 0 aromatic heterocycles. The molecule has 15 heavy (non-hydrogen) atoms. The molecule has 2 fully saturated rings. The highest BCUT2D eigenvalue weighted by molar-refractivity contribution is 5.87. The largest absolute Gasteiger partial charge is 0.349 e. The Morgan fingerprint density at radius 1 is 1.33 bits per heavy atom. The normalized spacial score (nSPS) is 33.5. The molecule has 0 spiro atoms. The van der Waals surface area contributed by atoms with E-state index in [0.717, 1.165) is 38.6 Å². The topological polar surface area (TPSA) is 41.1 Å². The van der Waals surface area contributed by atoms with Crippen molar-refractivity contribution in [2.45, 2.75) is 63.5 Å². The molecule has 2 N–H and O–H groups in total. The molecule has 1 amide bonds. The molecule has 1 atom stereocenters. The van der Waals surface area contributed by atoms with Gasteiger partial charge in [-0.3, -0.25) is 4.79 Å². The first-order valence-corrected chi connectivity index (χ1v) is 6.18. The van der Waals surface area contributed by atoms with Gasteiger partial charge in [-0.1, -0.05) is 6.92 Å². The van der Waals surface area contributed by atoms with Crippen LogP contribution in [0.25, 0.3) is 0 Å². The number of hydrogen-bond acceptors (Lipinski definition) is 2. The zero-order chi connectivity index (χ0) is 10.9. The fraction of sp³-hybridized carbons (Fsp3) is 0.917. The molecule has 86 valence electrons. The van der Waals surface area contributed by atoms with Crippen molar-refractivity contribution < 1.29 is 4.79 Å². The number of amides is 1. The molecule has 0 aromatic carbocycles. The Morgan fingerprint density at radius 3 is 2.47 bits per heavy atom. The van der Waals surface area contributed by atoms with Crippen LogP contribution >= 0.6 is 0 Å². The van der Waals surface area contributed by atoms with E-state index in [9.17, 15) is 4.79 Å². The summed E-state index contributed by atoms with van der Waals surface area (Å²) in [4.78, 5) is 12.2. The summed E-state index contributed by atoms with van der Waals surface area (Å²) in [6, 6.07) is 0. The monoisotopic (exact) mass is 210 g/mol. The molecular weight excluding hydrogens is 188 g/mol. The van der Waals surface area contributed by atoms with Crippen LogP contribution in [0.4, 0.5) is 0 Å². The third-order valence-electron chi connectivity index (χ3n) is 4.24. The van der Waals surface area contributed by atoms with Gasteiger partial charge in [-0.15, -0.1) is 0 Å². The van der Waals surface area contributed by atoms with Gasteiger partial charge in [-0.05, 0) is 52.0 Å². The molecule has 3 heteroatoms. The van der Waals surface area contributed by atoms with Crippen LogP contribution in [0.15, 0.2) is 0 Å². The SMILES string of the molecule is CCC1(NC(=O)C2(C)CCCN2)CCC1. The van der Waals surface area contributed by atoms with Gasteiger partial charge in [0.15, 0.2) is 0 Å². The first kappa shape index (κ1) is 10.9. The molecule has 3 nitrogen and oxygen atoms in total. The smallest absolute Gasteiger partial charge is 0.240 e. The lowest BCUT2D eigenvalue weighted by atomic mass is 9.74. The molecule has 2 aliphatic rings. The Morgan fingerprint density at radius 2 is 2.07 bits per heavy atom. The van der Waals surface area contributed by atoms with E-state index in [2.05, 4.69) is 17.6 Å². The van der Waals surface area contributed by atoms with Crippen molar-refractivity contribution in [1.29, 1.82) is 0 Å². The van der Waals surface area contributed by atoms with E-state index in [4.69, 9.17) is 0 Å². The van der Waals surface area contributed by atoms with Crippen LogP contribution in [0.1, 0.15) is 52.4 Å². The van der Waals surface area contributed by atoms with Crippen LogP contribution in [0.5, 0.6) is 0 Å². The zero-order valence-electron chi connectivity index (χ0n) is 9.86. The van der Waals surface area contributed by atoms with Gasteiger partial charge in [0, 0.05) is 5.54 Å². The fourth-order valence-corrected chi connectivity index (χ4v) is 2.64. The Balaban J connectivity index is 1.96. The molecule has 0 bridgehead atoms. The highest BCUT2D eigenvalue weighted by Crippen LogP contribution is 2.35. The molecule has 1 aliphatic carbocycles. The van der Waals surface area contributed by atoms with Gasteiger partial charge in [0.1, 0.15) is 0 Å². The summed E-state index contributed by atoms with van der Waals surface area (Å²) < 4.78 is 0. The summed E-state index contributed by atoms with van der Waals surface area (Å²) >= 11 is 0. The minimum atomic E-state index is -0.308. The molecule has 1 saturated carbocycles. The Labute approximate surface area is 92.0 Å². The maximum atomic E-state index is 12.2. The van der Waals surface area contributed by atoms with Crippen LogP contribution in [0.2, 0.25) is 0 Å². The van der Waals surface area contributed by atoms with E-state index in [1.807, 2.05) is 6.92 Å². The van der Waals surface area contributed by atoms with Gasteiger partial charge in [-0.2, -0.15) is 0 Å². The first-order valence-electron chi connectivity index (χ1n) is 6.18. The van der Waals surface area contributed by atoms with Crippen molar-refractivity contribution in [3.63, 3.8) is 0 Å². The molecule has 1 heterocycles. The van der Waals surface area contributed by atoms with Crippen molar-refractivity contribution in [2.24, 2.45) is 0 Å². The van der Waals surface area contributed by atoms with E-state index < -0.39 is 0 Å². The third-order valence-corrected chi connectivity index (χ3v) is 4.24. The second-order valence-corrected chi connectivity index (χ2v) is 5.30. The summed E-state index contributed by atoms with van der Waals surface area (Å²) in [5.41, 5.74) is -0.178. The molecule has 0 radical (unpaired) electrons. The summed E-state index contributed by atoms with van der Waals surface area (Å²) in [6.07, 6.45) is 6.73. The quantitative estimate of drug-likeness (QED) is 0.742. The van der Waals surface area contributed by atoms with Crippen LogP contribution in [0, 0.1) is 0 Å². The highest BCUT2D eigenvalue weighted by atomic mass is 16.2. The fourth-order valence-electron chi connectivity index (χ4n) is 2.64. The van der Waals surface area contributed by atoms with Crippen molar-refractivity contribution in [3.05, 3.63) is 0 Å². The van der Waals surface area contributed by atoms with E-state index in [1.54, 1.807) is 0 Å². The summed E-state index contributed by atoms with van der Waals surface area (Å²) in [6.45, 7) is 5.17. The van der Waals surface area contributed by atoms with Gasteiger partial charge < -0.3 is 10.6 Å². The van der Waals surface area contributed by atoms with Crippen molar-refractivity contribution in [2.75, 3.05) is 6.54 Å². The van der Waals surface area contributed by atoms with Crippen LogP contribution < -0.4 is 10.6 Å². The standard InChI is InChI=1S/C12H22N2O/c1-3-12(7-4-8-12)14-10(15)11(2)6-5-9-13-11/h13H,3-9H2,1-2H3,(H,14,15). The predicted molar refractivity (Wildman–Crippen MR) is 60.7 cm³/mol. The summed E-state index contributed by atoms with van der Waals surface area (Å²) in [7, 11) is 0. The number of nitrogens with one attached hydrogen (secondary N) is 2. The minimum absolute atomic E-state index is 0.129. The predicted octanol–water partition coefficient (Wildman–Crippen LogP) is 1.58. The Bertz CT molecular complexity index is 247. The average Bonchev–Trinajstić information content (AvgIpc) is 2.60. The zero-order valence-corrected chi connectivity index (χ0v) is 9.86. The molecular formula is C12H22N2O. The number of rotatable bonds is 3. The van der Waals surface area contributed by atoms with Gasteiger partial charge in [0.25, 0.3) is 0 Å². The van der Waals surface area contributed by atoms with E-state index in [-0.39, 0.29) is 17.0 Å². The van der Waals surface area contributed by atoms with Crippen LogP contribution in [0.3, 0.4) is 0 Å². The lowest BCUT2D eigenvalue weighted by molar-refractivity contribution is -0.129. The molecule has 1 saturated heterocycles. The molecule has 1 aliphatic heterocycles. The Kier molecular flexibility index (Phi) is 2.75. The van der Waals surface area contributed by atoms with Crippen LogP contribution in [-0.2, 0) is 4.79 Å². The third kappa shape index (κ3) is 1.89. The lowest BCUT2D eigenvalue weighted by Crippen LogP contribution is -2.61. The molecule has 2 rings (SSSR count). The number of hydrogen-bond donors (Lipinski definition) is 2. The van der Waals surface area contributed by atoms with Gasteiger partial charge >= 0.3 is 0 Å². The lowest BCUT2D eigenvalue weighted by Gasteiger charge is -2.43. The maximum absolute atomic E-state index is 12.2. The summed E-state index contributed by atoms with van der Waals surface area (Å²) in [5, 5.41) is 6.58. The van der Waals surface area contributed by atoms with Crippen molar-refractivity contribution in [1.82, 2.24) is 10.6 Å². The maximum Gasteiger partial charge on any atom is 0.240 e. The minimum Gasteiger partial charge on any atom is -0.349 e. The first-order chi connectivity index (χ1) is 7.10. The molecule has 0 aromatic rings. The van der Waals surface area contributed by atoms with Crippen LogP contribution in [-0.4, -0.2) is 23.5 Å². The van der Waals surface area contributed by atoms with E-state index in [1.165, 1.54) is 6.42 Å². The van der Waals surface area contributed by atoms with Crippen molar-refractivity contribution >= 4 is 5.91 Å². The van der Waals surface area contributed by atoms with E-state index in [0.29, 0.717) is 0 Å². The second-order valence-electron chi connectivity index (χ2n) is 5.30. The van der Waals surface area contributed by atoms with Gasteiger partial charge in [0.2, 0.25) is 5.91 Å². The van der Waals surface area contributed by atoms with Crippen molar-refractivity contribution in [3.8, 4) is 0 Å².